The predicted octanol–water partition coefficient (Wildman–Crippen LogP) is 2.13. The normalized spacial score (nSPS) is 11.6. The molecular weight excluding hydrogens is 340 g/mol. The average Bonchev–Trinajstić information content (AvgIpc) is 2.90. The van der Waals surface area contributed by atoms with Gasteiger partial charge in [0, 0.05) is 12.4 Å². The maximum Gasteiger partial charge on any atom is 0.233 e. The molecule has 0 saturated heterocycles. The molecule has 0 unspecified atom stereocenters. The first-order chi connectivity index (χ1) is 11.8. The number of sulfonamides is 1. The Kier molecular flexibility index (Phi) is 4.30. The summed E-state index contributed by atoms with van der Waals surface area (Å²) in [5.41, 5.74) is 8.11. The van der Waals surface area contributed by atoms with Crippen molar-refractivity contribution in [3.8, 4) is 5.75 Å². The Labute approximate surface area is 146 Å². The molecule has 25 heavy (non-hydrogen) atoms. The lowest BCUT2D eigenvalue weighted by Gasteiger charge is -2.20. The van der Waals surface area contributed by atoms with E-state index in [1.807, 2.05) is 18.2 Å². The maximum absolute atomic E-state index is 12.4. The predicted molar refractivity (Wildman–Crippen MR) is 99.1 cm³/mol. The number of aryl methyl sites for hydroxylation is 1. The Morgan fingerprint density at radius 1 is 1.20 bits per heavy atom. The molecule has 0 spiro atoms. The molecule has 0 aliphatic rings. The van der Waals surface area contributed by atoms with Crippen LogP contribution in [0.25, 0.3) is 10.9 Å². The van der Waals surface area contributed by atoms with E-state index in [-0.39, 0.29) is 6.54 Å². The number of anilines is 2. The molecule has 132 valence electrons. The molecule has 0 aliphatic heterocycles. The first-order valence-corrected chi connectivity index (χ1v) is 9.48. The molecule has 2 aromatic carbocycles. The molecule has 0 amide bonds. The number of aromatic nitrogens is 2. The van der Waals surface area contributed by atoms with Crippen molar-refractivity contribution in [2.45, 2.75) is 6.54 Å². The number of benzene rings is 2. The van der Waals surface area contributed by atoms with Crippen LogP contribution in [-0.2, 0) is 23.6 Å². The van der Waals surface area contributed by atoms with Gasteiger partial charge in [0.1, 0.15) is 5.75 Å². The van der Waals surface area contributed by atoms with Crippen molar-refractivity contribution < 1.29 is 13.2 Å². The van der Waals surface area contributed by atoms with E-state index in [1.54, 1.807) is 43.1 Å². The summed E-state index contributed by atoms with van der Waals surface area (Å²) in [6.07, 6.45) is 1.17. The first-order valence-electron chi connectivity index (χ1n) is 7.63. The van der Waals surface area contributed by atoms with E-state index in [4.69, 9.17) is 10.5 Å². The molecule has 0 fully saturated rings. The van der Waals surface area contributed by atoms with Crippen molar-refractivity contribution in [2.75, 3.05) is 23.4 Å². The van der Waals surface area contributed by atoms with Gasteiger partial charge in [-0.2, -0.15) is 5.10 Å². The van der Waals surface area contributed by atoms with Gasteiger partial charge in [-0.05, 0) is 29.8 Å². The van der Waals surface area contributed by atoms with Crippen LogP contribution in [0, 0.1) is 0 Å². The molecule has 0 saturated carbocycles. The van der Waals surface area contributed by atoms with Crippen LogP contribution < -0.4 is 14.8 Å². The molecule has 3 rings (SSSR count). The second-order valence-corrected chi connectivity index (χ2v) is 7.72. The molecule has 2 N–H and O–H groups in total. The second kappa shape index (κ2) is 6.29. The smallest absolute Gasteiger partial charge is 0.233 e. The fourth-order valence-corrected chi connectivity index (χ4v) is 3.61. The summed E-state index contributed by atoms with van der Waals surface area (Å²) in [4.78, 5) is 0. The zero-order valence-corrected chi connectivity index (χ0v) is 15.1. The Balaban J connectivity index is 2.10. The molecule has 0 atom stereocenters. The highest BCUT2D eigenvalue weighted by molar-refractivity contribution is 7.92. The van der Waals surface area contributed by atoms with Gasteiger partial charge in [0.05, 0.1) is 31.1 Å². The van der Waals surface area contributed by atoms with Crippen molar-refractivity contribution in [1.29, 1.82) is 0 Å². The maximum atomic E-state index is 12.4. The first kappa shape index (κ1) is 17.1. The number of para-hydroxylation sites is 1. The van der Waals surface area contributed by atoms with Gasteiger partial charge in [0.15, 0.2) is 5.82 Å². The van der Waals surface area contributed by atoms with Gasteiger partial charge >= 0.3 is 0 Å². The lowest BCUT2D eigenvalue weighted by molar-refractivity contribution is 0.414. The number of hydrogen-bond donors (Lipinski definition) is 1. The lowest BCUT2D eigenvalue weighted by atomic mass is 10.2. The Morgan fingerprint density at radius 3 is 2.48 bits per heavy atom. The van der Waals surface area contributed by atoms with Crippen LogP contribution in [0.15, 0.2) is 42.5 Å². The molecule has 0 bridgehead atoms. The van der Waals surface area contributed by atoms with Gasteiger partial charge in [-0.25, -0.2) is 12.7 Å². The zero-order chi connectivity index (χ0) is 18.2. The van der Waals surface area contributed by atoms with Gasteiger partial charge in [-0.1, -0.05) is 18.2 Å². The van der Waals surface area contributed by atoms with Gasteiger partial charge in [-0.15, -0.1) is 0 Å². The quantitative estimate of drug-likeness (QED) is 0.704. The minimum Gasteiger partial charge on any atom is -0.497 e. The number of fused-ring (bicyclic) bond motifs is 1. The summed E-state index contributed by atoms with van der Waals surface area (Å²) in [5, 5.41) is 5.10. The van der Waals surface area contributed by atoms with Gasteiger partial charge in [0.25, 0.3) is 0 Å². The SMILES string of the molecule is COc1ccc(CN(c2nn(C)c3c(N)cccc23)S(C)(=O)=O)cc1. The van der Waals surface area contributed by atoms with Crippen molar-refractivity contribution in [2.24, 2.45) is 7.05 Å². The summed E-state index contributed by atoms with van der Waals surface area (Å²) >= 11 is 0. The largest absolute Gasteiger partial charge is 0.497 e. The van der Waals surface area contributed by atoms with E-state index in [0.29, 0.717) is 28.2 Å². The summed E-state index contributed by atoms with van der Waals surface area (Å²) < 4.78 is 32.9. The minimum atomic E-state index is -3.54. The van der Waals surface area contributed by atoms with Crippen molar-refractivity contribution in [3.63, 3.8) is 0 Å². The number of nitrogen functional groups attached to an aromatic ring is 1. The summed E-state index contributed by atoms with van der Waals surface area (Å²) in [5.74, 6) is 1.08. The number of hydrogen-bond acceptors (Lipinski definition) is 5. The van der Waals surface area contributed by atoms with Crippen LogP contribution in [0.1, 0.15) is 5.56 Å². The fraction of sp³-hybridized carbons (Fsp3) is 0.235. The van der Waals surface area contributed by atoms with Crippen molar-refractivity contribution >= 4 is 32.4 Å². The Morgan fingerprint density at radius 2 is 1.88 bits per heavy atom. The topological polar surface area (TPSA) is 90.4 Å². The molecule has 7 nitrogen and oxygen atoms in total. The van der Waals surface area contributed by atoms with Crippen LogP contribution in [0.4, 0.5) is 11.5 Å². The van der Waals surface area contributed by atoms with E-state index >= 15 is 0 Å². The highest BCUT2D eigenvalue weighted by Crippen LogP contribution is 2.31. The third kappa shape index (κ3) is 3.25. The van der Waals surface area contributed by atoms with E-state index < -0.39 is 10.0 Å². The highest BCUT2D eigenvalue weighted by Gasteiger charge is 2.24. The Hall–Kier alpha value is -2.74. The summed E-state index contributed by atoms with van der Waals surface area (Å²) in [7, 11) is -0.206. The van der Waals surface area contributed by atoms with Gasteiger partial charge in [-0.3, -0.25) is 4.68 Å². The van der Waals surface area contributed by atoms with Gasteiger partial charge in [0.2, 0.25) is 10.0 Å². The number of ether oxygens (including phenoxy) is 1. The number of nitrogens with two attached hydrogens (primary N) is 1. The number of methoxy groups -OCH3 is 1. The zero-order valence-electron chi connectivity index (χ0n) is 14.3. The fourth-order valence-electron chi connectivity index (χ4n) is 2.78. The molecule has 8 heteroatoms. The molecule has 1 heterocycles. The third-order valence-electron chi connectivity index (χ3n) is 4.00. The van der Waals surface area contributed by atoms with Crippen LogP contribution in [0.2, 0.25) is 0 Å². The second-order valence-electron chi connectivity index (χ2n) is 5.81. The van der Waals surface area contributed by atoms with Crippen LogP contribution in [0.3, 0.4) is 0 Å². The summed E-state index contributed by atoms with van der Waals surface area (Å²) in [6, 6.07) is 12.6. The minimum absolute atomic E-state index is 0.170. The van der Waals surface area contributed by atoms with Crippen LogP contribution in [-0.4, -0.2) is 31.6 Å². The third-order valence-corrected chi connectivity index (χ3v) is 5.10. The molecular formula is C17H20N4O3S. The van der Waals surface area contributed by atoms with E-state index in [9.17, 15) is 8.42 Å². The van der Waals surface area contributed by atoms with Crippen molar-refractivity contribution in [3.05, 3.63) is 48.0 Å². The number of nitrogens with zero attached hydrogens (tertiary/aromatic N) is 3. The summed E-state index contributed by atoms with van der Waals surface area (Å²) in [6.45, 7) is 0.170. The van der Waals surface area contributed by atoms with Crippen molar-refractivity contribution in [1.82, 2.24) is 9.78 Å². The van der Waals surface area contributed by atoms with Crippen LogP contribution >= 0.6 is 0 Å². The standard InChI is InChI=1S/C17H20N4O3S/c1-20-16-14(5-4-6-15(16)18)17(19-20)21(25(3,22)23)11-12-7-9-13(24-2)10-8-12/h4-10H,11,18H2,1-3H3. The van der Waals surface area contributed by atoms with Crippen LogP contribution in [0.5, 0.6) is 5.75 Å². The molecule has 1 aromatic heterocycles. The monoisotopic (exact) mass is 360 g/mol. The molecule has 3 aromatic rings. The van der Waals surface area contributed by atoms with E-state index in [1.165, 1.54) is 10.6 Å². The number of rotatable bonds is 5. The highest BCUT2D eigenvalue weighted by atomic mass is 32.2. The molecule has 0 aliphatic carbocycles. The molecule has 0 radical (unpaired) electrons. The van der Waals surface area contributed by atoms with E-state index in [2.05, 4.69) is 5.10 Å². The lowest BCUT2D eigenvalue weighted by Crippen LogP contribution is -2.30. The van der Waals surface area contributed by atoms with E-state index in [0.717, 1.165) is 5.56 Å². The Bertz CT molecular complexity index is 1010. The average molecular weight is 360 g/mol. The van der Waals surface area contributed by atoms with Gasteiger partial charge < -0.3 is 10.5 Å².